The van der Waals surface area contributed by atoms with Gasteiger partial charge in [0.25, 0.3) is 0 Å². The molecule has 1 aliphatic heterocycles. The first-order valence-corrected chi connectivity index (χ1v) is 10.7. The van der Waals surface area contributed by atoms with E-state index in [1.807, 2.05) is 12.1 Å². The van der Waals surface area contributed by atoms with E-state index in [1.165, 1.54) is 11.0 Å². The molecule has 2 amide bonds. The molecule has 1 aromatic carbocycles. The lowest BCUT2D eigenvalue weighted by molar-refractivity contribution is -0.139. The number of amides is 2. The van der Waals surface area contributed by atoms with Gasteiger partial charge in [0.1, 0.15) is 5.75 Å². The summed E-state index contributed by atoms with van der Waals surface area (Å²) >= 11 is 0. The zero-order valence-corrected chi connectivity index (χ0v) is 17.4. The van der Waals surface area contributed by atoms with Crippen LogP contribution in [0, 0.1) is 17.8 Å². The fourth-order valence-electron chi connectivity index (χ4n) is 5.84. The molecule has 158 valence electrons. The number of carbonyl (C=O) groups is 4. The second kappa shape index (κ2) is 6.87. The number of allylic oxidation sites excluding steroid dienone is 6. The van der Waals surface area contributed by atoms with Crippen molar-refractivity contribution in [1.82, 2.24) is 4.90 Å². The Balaban J connectivity index is 1.70. The largest absolute Gasteiger partial charge is 0.508 e. The Bertz CT molecular complexity index is 1150. The minimum atomic E-state index is -0.518. The molecule has 4 unspecified atom stereocenters. The fraction of sp³-hybridized carbons (Fsp3) is 0.360. The van der Waals surface area contributed by atoms with Crippen LogP contribution in [0.1, 0.15) is 38.2 Å². The lowest BCUT2D eigenvalue weighted by Gasteiger charge is -2.42. The number of likely N-dealkylation sites (tertiary alicyclic amines) is 1. The van der Waals surface area contributed by atoms with Gasteiger partial charge in [0.05, 0.1) is 11.8 Å². The summed E-state index contributed by atoms with van der Waals surface area (Å²) in [5.41, 5.74) is 2.88. The first kappa shape index (κ1) is 19.7. The van der Waals surface area contributed by atoms with Gasteiger partial charge in [0.15, 0.2) is 11.6 Å². The maximum atomic E-state index is 13.2. The molecule has 6 heteroatoms. The highest BCUT2D eigenvalue weighted by atomic mass is 16.3. The van der Waals surface area contributed by atoms with Crippen LogP contribution in [-0.2, 0) is 19.2 Å². The number of phenolic OH excluding ortho intramolecular Hbond substituents is 1. The average molecular weight is 417 g/mol. The topological polar surface area (TPSA) is 91.8 Å². The van der Waals surface area contributed by atoms with Gasteiger partial charge in [-0.3, -0.25) is 24.1 Å². The molecule has 0 spiro atoms. The predicted octanol–water partition coefficient (Wildman–Crippen LogP) is 2.84. The molecule has 1 N–H and O–H groups in total. The number of phenols is 1. The lowest BCUT2D eigenvalue weighted by atomic mass is 9.59. The fourth-order valence-corrected chi connectivity index (χ4v) is 5.84. The van der Waals surface area contributed by atoms with E-state index in [1.54, 1.807) is 32.0 Å². The van der Waals surface area contributed by atoms with E-state index in [2.05, 4.69) is 0 Å². The Morgan fingerprint density at radius 3 is 2.58 bits per heavy atom. The van der Waals surface area contributed by atoms with E-state index < -0.39 is 17.8 Å². The number of imide groups is 1. The summed E-state index contributed by atoms with van der Waals surface area (Å²) in [4.78, 5) is 53.4. The van der Waals surface area contributed by atoms with E-state index >= 15 is 0 Å². The minimum absolute atomic E-state index is 0.0710. The summed E-state index contributed by atoms with van der Waals surface area (Å²) < 4.78 is 0. The smallest absolute Gasteiger partial charge is 0.233 e. The van der Waals surface area contributed by atoms with Crippen molar-refractivity contribution in [3.63, 3.8) is 0 Å². The van der Waals surface area contributed by atoms with Crippen molar-refractivity contribution >= 4 is 23.4 Å². The van der Waals surface area contributed by atoms with E-state index in [0.717, 1.165) is 5.57 Å². The molecule has 0 aromatic heterocycles. The van der Waals surface area contributed by atoms with Crippen molar-refractivity contribution in [2.75, 3.05) is 6.54 Å². The number of Topliss-reactive ketones (excluding diaryl/α,β-unsaturated/α-hetero) is 1. The van der Waals surface area contributed by atoms with Crippen molar-refractivity contribution in [3.05, 3.63) is 64.3 Å². The third-order valence-corrected chi connectivity index (χ3v) is 7.17. The van der Waals surface area contributed by atoms with E-state index in [0.29, 0.717) is 35.2 Å². The molecule has 31 heavy (non-hydrogen) atoms. The number of ketones is 2. The molecule has 5 rings (SSSR count). The quantitative estimate of drug-likeness (QED) is 0.454. The molecule has 0 radical (unpaired) electrons. The number of rotatable bonds is 2. The second-order valence-corrected chi connectivity index (χ2v) is 8.74. The van der Waals surface area contributed by atoms with Gasteiger partial charge in [0, 0.05) is 29.2 Å². The molecule has 0 saturated carbocycles. The summed E-state index contributed by atoms with van der Waals surface area (Å²) in [6, 6.07) is 6.70. The Kier molecular flexibility index (Phi) is 4.36. The molecule has 1 saturated heterocycles. The highest BCUT2D eigenvalue weighted by Gasteiger charge is 2.55. The number of benzene rings is 1. The van der Waals surface area contributed by atoms with Gasteiger partial charge >= 0.3 is 0 Å². The molecule has 4 aliphatic rings. The van der Waals surface area contributed by atoms with Crippen molar-refractivity contribution in [2.45, 2.75) is 32.6 Å². The van der Waals surface area contributed by atoms with E-state index in [9.17, 15) is 24.3 Å². The Morgan fingerprint density at radius 2 is 1.87 bits per heavy atom. The predicted molar refractivity (Wildman–Crippen MR) is 112 cm³/mol. The number of hydrogen-bond donors (Lipinski definition) is 1. The number of nitrogens with zero attached hydrogens (tertiary/aromatic N) is 1. The maximum absolute atomic E-state index is 13.2. The van der Waals surface area contributed by atoms with Gasteiger partial charge < -0.3 is 5.11 Å². The molecule has 1 fully saturated rings. The first-order valence-electron chi connectivity index (χ1n) is 10.7. The highest BCUT2D eigenvalue weighted by Crippen LogP contribution is 2.55. The minimum Gasteiger partial charge on any atom is -0.508 e. The third-order valence-electron chi connectivity index (χ3n) is 7.17. The van der Waals surface area contributed by atoms with Gasteiger partial charge in [-0.15, -0.1) is 0 Å². The number of hydrogen-bond acceptors (Lipinski definition) is 5. The van der Waals surface area contributed by atoms with Crippen LogP contribution >= 0.6 is 0 Å². The van der Waals surface area contributed by atoms with Gasteiger partial charge in [-0.05, 0) is 56.4 Å². The summed E-state index contributed by atoms with van der Waals surface area (Å²) in [6.07, 6.45) is 4.08. The standard InChI is InChI=1S/C25H23NO5/c1-3-26-24(30)16-8-7-15-17(21(16)25(26)31)11-18-22(19(28)9-12(2)23(18)29)20(15)13-5-4-6-14(27)10-13/h4-7,9-10,16-17,20-21,27H,3,8,11H2,1-2H3. The van der Waals surface area contributed by atoms with Crippen molar-refractivity contribution in [3.8, 4) is 5.75 Å². The molecule has 0 bridgehead atoms. The van der Waals surface area contributed by atoms with Crippen LogP contribution in [0.3, 0.4) is 0 Å². The lowest BCUT2D eigenvalue weighted by Crippen LogP contribution is -2.39. The van der Waals surface area contributed by atoms with Crippen LogP contribution in [0.25, 0.3) is 0 Å². The van der Waals surface area contributed by atoms with Crippen molar-refractivity contribution in [1.29, 1.82) is 0 Å². The molecular formula is C25H23NO5. The Hall–Kier alpha value is -3.28. The molecule has 6 nitrogen and oxygen atoms in total. The molecule has 4 atom stereocenters. The Morgan fingerprint density at radius 1 is 1.10 bits per heavy atom. The number of aromatic hydroxyl groups is 1. The summed E-state index contributed by atoms with van der Waals surface area (Å²) in [5.74, 6) is -2.41. The summed E-state index contributed by atoms with van der Waals surface area (Å²) in [6.45, 7) is 3.75. The number of fused-ring (bicyclic) bond motifs is 3. The van der Waals surface area contributed by atoms with E-state index in [-0.39, 0.29) is 41.5 Å². The first-order chi connectivity index (χ1) is 14.8. The van der Waals surface area contributed by atoms with Gasteiger partial charge in [-0.1, -0.05) is 23.8 Å². The normalized spacial score (nSPS) is 30.1. The average Bonchev–Trinajstić information content (AvgIpc) is 3.00. The summed E-state index contributed by atoms with van der Waals surface area (Å²) in [7, 11) is 0. The van der Waals surface area contributed by atoms with E-state index in [4.69, 9.17) is 0 Å². The zero-order chi connectivity index (χ0) is 22.0. The highest BCUT2D eigenvalue weighted by molar-refractivity contribution is 6.23. The molecule has 1 heterocycles. The van der Waals surface area contributed by atoms with Crippen LogP contribution in [-0.4, -0.2) is 39.9 Å². The SMILES string of the molecule is CCN1C(=O)C2CC=C3C(c4cccc(O)c4)C4=C(CC3C2C1=O)C(=O)C(C)=CC4=O. The van der Waals surface area contributed by atoms with Crippen LogP contribution in [0.4, 0.5) is 0 Å². The zero-order valence-electron chi connectivity index (χ0n) is 17.4. The van der Waals surface area contributed by atoms with Crippen molar-refractivity contribution < 1.29 is 24.3 Å². The van der Waals surface area contributed by atoms with Crippen LogP contribution < -0.4 is 0 Å². The third kappa shape index (κ3) is 2.70. The second-order valence-electron chi connectivity index (χ2n) is 8.74. The van der Waals surface area contributed by atoms with Crippen molar-refractivity contribution in [2.24, 2.45) is 17.8 Å². The molecule has 3 aliphatic carbocycles. The molecule has 1 aromatic rings. The molecular weight excluding hydrogens is 394 g/mol. The maximum Gasteiger partial charge on any atom is 0.233 e. The van der Waals surface area contributed by atoms with Crippen LogP contribution in [0.15, 0.2) is 58.7 Å². The number of carbonyl (C=O) groups excluding carboxylic acids is 4. The van der Waals surface area contributed by atoms with Gasteiger partial charge in [0.2, 0.25) is 11.8 Å². The monoisotopic (exact) mass is 417 g/mol. The van der Waals surface area contributed by atoms with Gasteiger partial charge in [-0.25, -0.2) is 0 Å². The van der Waals surface area contributed by atoms with Crippen LogP contribution in [0.5, 0.6) is 5.75 Å². The van der Waals surface area contributed by atoms with Gasteiger partial charge in [-0.2, -0.15) is 0 Å². The Labute approximate surface area is 179 Å². The van der Waals surface area contributed by atoms with Crippen LogP contribution in [0.2, 0.25) is 0 Å². The summed E-state index contributed by atoms with van der Waals surface area (Å²) in [5, 5.41) is 10.1.